The van der Waals surface area contributed by atoms with Crippen LogP contribution in [0.4, 0.5) is 22.7 Å². The summed E-state index contributed by atoms with van der Waals surface area (Å²) in [5, 5.41) is 5.00. The molecule has 4 heterocycles. The zero-order chi connectivity index (χ0) is 52.5. The van der Waals surface area contributed by atoms with Gasteiger partial charge in [0, 0.05) is 73.0 Å². The van der Waals surface area contributed by atoms with Gasteiger partial charge in [-0.2, -0.15) is 0 Å². The summed E-state index contributed by atoms with van der Waals surface area (Å²) in [6.07, 6.45) is 0.642. The largest absolute Gasteiger partial charge is 0.490 e. The second-order valence-corrected chi connectivity index (χ2v) is 18.5. The normalized spacial score (nSPS) is 16.5. The van der Waals surface area contributed by atoms with Crippen molar-refractivity contribution in [2.45, 2.75) is 13.0 Å². The molecule has 76 heavy (non-hydrogen) atoms. The number of rotatable bonds is 12. The summed E-state index contributed by atoms with van der Waals surface area (Å²) in [7, 11) is 1.66. The van der Waals surface area contributed by atoms with Crippen LogP contribution in [0.5, 0.6) is 17.2 Å². The summed E-state index contributed by atoms with van der Waals surface area (Å²) in [6, 6.07) is 38.3. The number of fused-ring (bicyclic) bond motifs is 20. The predicted molar refractivity (Wildman–Crippen MR) is 293 cm³/mol. The van der Waals surface area contributed by atoms with E-state index in [1.807, 2.05) is 54.6 Å². The predicted octanol–water partition coefficient (Wildman–Crippen LogP) is 7.09. The minimum atomic E-state index is -0.547. The fourth-order valence-corrected chi connectivity index (χ4v) is 9.68. The Morgan fingerprint density at radius 1 is 0.566 bits per heavy atom. The van der Waals surface area contributed by atoms with E-state index in [1.54, 1.807) is 43.5 Å². The molecule has 400 valence electrons. The quantitative estimate of drug-likeness (QED) is 0.0722. The van der Waals surface area contributed by atoms with Crippen molar-refractivity contribution in [3.05, 3.63) is 149 Å². The van der Waals surface area contributed by atoms with E-state index in [0.29, 0.717) is 165 Å². The Balaban J connectivity index is 0.953. The molecular weight excluding hydrogens is 969 g/mol. The second-order valence-electron chi connectivity index (χ2n) is 18.5. The van der Waals surface area contributed by atoms with Gasteiger partial charge >= 0.3 is 0 Å². The molecule has 3 amide bonds. The lowest BCUT2D eigenvalue weighted by molar-refractivity contribution is 0.0435. The van der Waals surface area contributed by atoms with E-state index in [4.69, 9.17) is 43.6 Å². The summed E-state index contributed by atoms with van der Waals surface area (Å²) in [6.45, 7) is 9.69. The lowest BCUT2D eigenvalue weighted by atomic mass is 9.92. The molecule has 0 aliphatic carbocycles. The molecule has 1 saturated heterocycles. The van der Waals surface area contributed by atoms with Gasteiger partial charge in [0.2, 0.25) is 5.91 Å². The molecule has 3 N–H and O–H groups in total. The number of anilines is 4. The first kappa shape index (κ1) is 53.4. The molecule has 0 saturated carbocycles. The molecule has 4 aliphatic rings. The number of benzene rings is 6. The molecule has 0 unspecified atom stereocenters. The number of imide groups is 1. The lowest BCUT2D eigenvalue weighted by Gasteiger charge is -2.29. The van der Waals surface area contributed by atoms with Gasteiger partial charge in [0.1, 0.15) is 37.1 Å². The summed E-state index contributed by atoms with van der Waals surface area (Å²) < 4.78 is 49.7. The number of carbonyl (C=O) groups excluding carboxylic acids is 3. The van der Waals surface area contributed by atoms with Crippen LogP contribution in [-0.4, -0.2) is 155 Å². The highest BCUT2D eigenvalue weighted by atomic mass is 16.5. The van der Waals surface area contributed by atoms with Crippen molar-refractivity contribution >= 4 is 51.2 Å². The monoisotopic (exact) mass is 1040 g/mol. The number of nitrogens with two attached hydrogens (primary N) is 1. The smallest absolute Gasteiger partial charge is 0.261 e. The van der Waals surface area contributed by atoms with Crippen molar-refractivity contribution < 1.29 is 52.3 Å². The summed E-state index contributed by atoms with van der Waals surface area (Å²) in [5.41, 5.74) is 12.0. The van der Waals surface area contributed by atoms with Gasteiger partial charge in [0.15, 0.2) is 0 Å². The van der Waals surface area contributed by atoms with Crippen molar-refractivity contribution in [3.63, 3.8) is 0 Å². The first-order valence-corrected chi connectivity index (χ1v) is 26.1. The van der Waals surface area contributed by atoms with Crippen LogP contribution in [0.1, 0.15) is 42.2 Å². The van der Waals surface area contributed by atoms with E-state index in [-0.39, 0.29) is 18.4 Å². The van der Waals surface area contributed by atoms with Gasteiger partial charge in [-0.15, -0.1) is 0 Å². The van der Waals surface area contributed by atoms with Crippen molar-refractivity contribution in [2.75, 3.05) is 152 Å². The number of nitrogens with one attached hydrogen (secondary N) is 1. The van der Waals surface area contributed by atoms with Crippen LogP contribution in [0.25, 0.3) is 10.8 Å². The van der Waals surface area contributed by atoms with Crippen LogP contribution in [-0.2, 0) is 36.6 Å². The lowest BCUT2D eigenvalue weighted by Crippen LogP contribution is -2.39. The SMILES string of the molecule is COCCOc1cc(CCNc2ccc3c4c(cccc24)C(=O)N(Cc2ccc(C(N)=O)cc2)C3=O)ccc1N1CCOc2ccccc2N2CCOCCOCCN(CCOCCOCC2)c2ccccc2OCC1. The van der Waals surface area contributed by atoms with Crippen LogP contribution in [0.15, 0.2) is 121 Å². The number of hydrogen-bond donors (Lipinski definition) is 2. The van der Waals surface area contributed by atoms with Crippen molar-refractivity contribution in [1.82, 2.24) is 4.90 Å². The molecule has 17 heteroatoms. The summed E-state index contributed by atoms with van der Waals surface area (Å²) in [4.78, 5) is 47.4. The molecule has 4 aliphatic heterocycles. The van der Waals surface area contributed by atoms with Crippen molar-refractivity contribution in [2.24, 2.45) is 5.73 Å². The van der Waals surface area contributed by atoms with E-state index in [0.717, 1.165) is 45.2 Å². The maximum absolute atomic E-state index is 13.9. The standard InChI is InChI=1S/C59H68N6O11/c1-69-35-40-76-55-41-43(21-22-61-49-19-18-48-56-46(49)7-6-8-47(56)58(67)65(59(48)68)42-44-13-16-45(17-14-44)57(60)66)15-20-52(55)64-27-33-74-53-11-4-2-9-50(53)62-23-29-70-36-38-72-31-25-63(26-32-73-39-37-71-30-24-62)51-10-3-5-12-54(51)75-34-28-64/h2-20,41,61H,21-40,42H2,1H3,(H2,60,66). The first-order chi connectivity index (χ1) is 37.4. The molecule has 1 fully saturated rings. The van der Waals surface area contributed by atoms with Crippen LogP contribution >= 0.6 is 0 Å². The van der Waals surface area contributed by atoms with Crippen LogP contribution < -0.4 is 40.0 Å². The zero-order valence-electron chi connectivity index (χ0n) is 43.3. The number of para-hydroxylation sites is 4. The zero-order valence-corrected chi connectivity index (χ0v) is 43.3. The molecule has 0 atom stereocenters. The van der Waals surface area contributed by atoms with Gasteiger partial charge < -0.3 is 63.6 Å². The third-order valence-corrected chi connectivity index (χ3v) is 13.6. The third-order valence-electron chi connectivity index (χ3n) is 13.6. The Hall–Kier alpha value is -7.41. The Labute approximate surface area is 444 Å². The highest BCUT2D eigenvalue weighted by Gasteiger charge is 2.33. The van der Waals surface area contributed by atoms with Gasteiger partial charge in [-0.05, 0) is 84.3 Å². The molecule has 17 nitrogen and oxygen atoms in total. The molecule has 10 rings (SSSR count). The Morgan fingerprint density at radius 2 is 1.11 bits per heavy atom. The Bertz CT molecular complexity index is 2790. The highest BCUT2D eigenvalue weighted by Crippen LogP contribution is 2.36. The minimum absolute atomic E-state index is 0.0581. The van der Waals surface area contributed by atoms with E-state index < -0.39 is 5.91 Å². The molecule has 6 aromatic rings. The van der Waals surface area contributed by atoms with Gasteiger partial charge in [0.25, 0.3) is 11.8 Å². The maximum atomic E-state index is 13.9. The van der Waals surface area contributed by atoms with Crippen molar-refractivity contribution in [1.29, 1.82) is 0 Å². The first-order valence-electron chi connectivity index (χ1n) is 26.1. The summed E-state index contributed by atoms with van der Waals surface area (Å²) >= 11 is 0. The molecular formula is C59H68N6O11. The van der Waals surface area contributed by atoms with Crippen LogP contribution in [0.2, 0.25) is 0 Å². The number of hydrogen-bond acceptors (Lipinski definition) is 15. The van der Waals surface area contributed by atoms with E-state index in [9.17, 15) is 14.4 Å². The van der Waals surface area contributed by atoms with Crippen LogP contribution in [0.3, 0.4) is 0 Å². The van der Waals surface area contributed by atoms with E-state index in [1.165, 1.54) is 4.90 Å². The summed E-state index contributed by atoms with van der Waals surface area (Å²) in [5.74, 6) is 0.923. The van der Waals surface area contributed by atoms with Crippen LogP contribution in [0, 0.1) is 0 Å². The molecule has 0 spiro atoms. The van der Waals surface area contributed by atoms with Gasteiger partial charge in [-0.3, -0.25) is 19.3 Å². The van der Waals surface area contributed by atoms with E-state index in [2.05, 4.69) is 50.3 Å². The highest BCUT2D eigenvalue weighted by molar-refractivity contribution is 6.26. The average Bonchev–Trinajstić information content (AvgIpc) is 3.46. The number of carbonyl (C=O) groups is 3. The topological polar surface area (TPSA) is 176 Å². The molecule has 2 bridgehead atoms. The van der Waals surface area contributed by atoms with E-state index >= 15 is 0 Å². The fraction of sp³-hybridized carbons (Fsp3) is 0.373. The Morgan fingerprint density at radius 3 is 1.68 bits per heavy atom. The van der Waals surface area contributed by atoms with Gasteiger partial charge in [-0.1, -0.05) is 54.6 Å². The second kappa shape index (κ2) is 26.9. The maximum Gasteiger partial charge on any atom is 0.261 e. The molecule has 0 radical (unpaired) electrons. The average molecular weight is 1040 g/mol. The minimum Gasteiger partial charge on any atom is -0.490 e. The molecule has 6 aromatic carbocycles. The van der Waals surface area contributed by atoms with Crippen molar-refractivity contribution in [3.8, 4) is 17.2 Å². The number of amides is 3. The number of nitrogens with zero attached hydrogens (tertiary/aromatic N) is 4. The number of ether oxygens (including phenoxy) is 8. The number of primary amides is 1. The van der Waals surface area contributed by atoms with Gasteiger partial charge in [0.05, 0.1) is 96.2 Å². The van der Waals surface area contributed by atoms with Gasteiger partial charge in [-0.25, -0.2) is 0 Å². The Kier molecular flexibility index (Phi) is 18.9. The fourth-order valence-electron chi connectivity index (χ4n) is 9.68. The number of methoxy groups -OCH3 is 1. The third kappa shape index (κ3) is 13.5. The molecule has 0 aromatic heterocycles.